The van der Waals surface area contributed by atoms with Crippen LogP contribution in [0.25, 0.3) is 0 Å². The van der Waals surface area contributed by atoms with Crippen LogP contribution in [-0.4, -0.2) is 29.7 Å². The number of rotatable bonds is 1. The molecule has 0 saturated carbocycles. The predicted octanol–water partition coefficient (Wildman–Crippen LogP) is 2.86. The molecule has 1 heterocycles. The third-order valence-corrected chi connectivity index (χ3v) is 4.06. The zero-order chi connectivity index (χ0) is 12.4. The highest BCUT2D eigenvalue weighted by Gasteiger charge is 2.23. The number of piperidine rings is 1. The standard InChI is InChI=1S/C12H11BrINO2/c13-11-4-3-8(14)6-10(11)12(17)15-5-1-2-9(16)7-15/h3-4,6H,1-2,5,7H2. The van der Waals surface area contributed by atoms with Gasteiger partial charge in [-0.1, -0.05) is 0 Å². The van der Waals surface area contributed by atoms with E-state index in [0.29, 0.717) is 18.5 Å². The molecule has 1 saturated heterocycles. The van der Waals surface area contributed by atoms with E-state index in [9.17, 15) is 9.59 Å². The van der Waals surface area contributed by atoms with Crippen LogP contribution in [0.4, 0.5) is 0 Å². The van der Waals surface area contributed by atoms with Gasteiger partial charge in [-0.05, 0) is 63.1 Å². The van der Waals surface area contributed by atoms with Crippen LogP contribution in [0.3, 0.4) is 0 Å². The van der Waals surface area contributed by atoms with E-state index >= 15 is 0 Å². The molecular formula is C12H11BrINO2. The van der Waals surface area contributed by atoms with Crippen LogP contribution >= 0.6 is 38.5 Å². The Morgan fingerprint density at radius 2 is 2.18 bits per heavy atom. The minimum atomic E-state index is -0.0663. The number of amides is 1. The Morgan fingerprint density at radius 1 is 1.41 bits per heavy atom. The van der Waals surface area contributed by atoms with Gasteiger partial charge in [0, 0.05) is 21.0 Å². The van der Waals surface area contributed by atoms with E-state index in [2.05, 4.69) is 38.5 Å². The van der Waals surface area contributed by atoms with E-state index in [1.807, 2.05) is 18.2 Å². The van der Waals surface area contributed by atoms with Crippen molar-refractivity contribution in [2.75, 3.05) is 13.1 Å². The zero-order valence-electron chi connectivity index (χ0n) is 9.08. The molecule has 0 bridgehead atoms. The fourth-order valence-electron chi connectivity index (χ4n) is 1.84. The van der Waals surface area contributed by atoms with Gasteiger partial charge < -0.3 is 4.90 Å². The van der Waals surface area contributed by atoms with E-state index in [4.69, 9.17) is 0 Å². The molecule has 1 amide bonds. The first-order valence-electron chi connectivity index (χ1n) is 5.34. The number of carbonyl (C=O) groups is 2. The van der Waals surface area contributed by atoms with E-state index < -0.39 is 0 Å². The van der Waals surface area contributed by atoms with Gasteiger partial charge in [-0.3, -0.25) is 9.59 Å². The summed E-state index contributed by atoms with van der Waals surface area (Å²) in [7, 11) is 0. The van der Waals surface area contributed by atoms with Crippen LogP contribution in [0.5, 0.6) is 0 Å². The lowest BCUT2D eigenvalue weighted by Crippen LogP contribution is -2.40. The van der Waals surface area contributed by atoms with Crippen LogP contribution in [0.2, 0.25) is 0 Å². The molecule has 0 aliphatic carbocycles. The number of Topliss-reactive ketones (excluding diaryl/α,β-unsaturated/α-hetero) is 1. The SMILES string of the molecule is O=C1CCCN(C(=O)c2cc(I)ccc2Br)C1. The molecule has 1 aromatic rings. The Bertz CT molecular complexity index is 476. The second-order valence-electron chi connectivity index (χ2n) is 3.99. The van der Waals surface area contributed by atoms with Crippen LogP contribution in [0, 0.1) is 3.57 Å². The van der Waals surface area contributed by atoms with Gasteiger partial charge in [-0.25, -0.2) is 0 Å². The number of nitrogens with zero attached hydrogens (tertiary/aromatic N) is 1. The third-order valence-electron chi connectivity index (χ3n) is 2.70. The summed E-state index contributed by atoms with van der Waals surface area (Å²) < 4.78 is 1.79. The molecule has 1 fully saturated rings. The Morgan fingerprint density at radius 3 is 2.88 bits per heavy atom. The summed E-state index contributed by atoms with van der Waals surface area (Å²) in [6.45, 7) is 0.916. The number of halogens is 2. The summed E-state index contributed by atoms with van der Waals surface area (Å²) in [4.78, 5) is 25.2. The molecular weight excluding hydrogens is 397 g/mol. The van der Waals surface area contributed by atoms with Crippen LogP contribution in [0.15, 0.2) is 22.7 Å². The summed E-state index contributed by atoms with van der Waals surface area (Å²) in [5.41, 5.74) is 0.631. The van der Waals surface area contributed by atoms with E-state index in [0.717, 1.165) is 14.5 Å². The molecule has 5 heteroatoms. The largest absolute Gasteiger partial charge is 0.331 e. The Kier molecular flexibility index (Phi) is 4.19. The average molecular weight is 408 g/mol. The van der Waals surface area contributed by atoms with Gasteiger partial charge in [0.15, 0.2) is 5.78 Å². The van der Waals surface area contributed by atoms with Gasteiger partial charge in [0.1, 0.15) is 0 Å². The number of ketones is 1. The van der Waals surface area contributed by atoms with Gasteiger partial charge in [0.05, 0.1) is 12.1 Å². The normalized spacial score (nSPS) is 16.1. The molecule has 17 heavy (non-hydrogen) atoms. The highest BCUT2D eigenvalue weighted by Crippen LogP contribution is 2.22. The molecule has 1 aliphatic rings. The minimum absolute atomic E-state index is 0.0663. The summed E-state index contributed by atoms with van der Waals surface area (Å²) in [6, 6.07) is 5.63. The molecule has 0 atom stereocenters. The minimum Gasteiger partial charge on any atom is -0.331 e. The quantitative estimate of drug-likeness (QED) is 0.671. The molecule has 2 rings (SSSR count). The lowest BCUT2D eigenvalue weighted by molar-refractivity contribution is -0.121. The van der Waals surface area contributed by atoms with Crippen molar-refractivity contribution in [3.63, 3.8) is 0 Å². The number of carbonyl (C=O) groups excluding carboxylic acids is 2. The van der Waals surface area contributed by atoms with Gasteiger partial charge in [0.25, 0.3) is 5.91 Å². The van der Waals surface area contributed by atoms with Crippen molar-refractivity contribution < 1.29 is 9.59 Å². The van der Waals surface area contributed by atoms with E-state index in [1.165, 1.54) is 0 Å². The molecule has 0 spiro atoms. The fourth-order valence-corrected chi connectivity index (χ4v) is 2.75. The molecule has 3 nitrogen and oxygen atoms in total. The zero-order valence-corrected chi connectivity index (χ0v) is 12.8. The van der Waals surface area contributed by atoms with Crippen LogP contribution < -0.4 is 0 Å². The first kappa shape index (κ1) is 13.0. The highest BCUT2D eigenvalue weighted by molar-refractivity contribution is 14.1. The molecule has 0 N–H and O–H groups in total. The van der Waals surface area contributed by atoms with Gasteiger partial charge in [0.2, 0.25) is 0 Å². The van der Waals surface area contributed by atoms with Crippen molar-refractivity contribution in [3.8, 4) is 0 Å². The summed E-state index contributed by atoms with van der Waals surface area (Å²) in [5, 5.41) is 0. The second-order valence-corrected chi connectivity index (χ2v) is 6.09. The maximum absolute atomic E-state index is 12.3. The summed E-state index contributed by atoms with van der Waals surface area (Å²) >= 11 is 5.55. The fraction of sp³-hybridized carbons (Fsp3) is 0.333. The smallest absolute Gasteiger partial charge is 0.255 e. The lowest BCUT2D eigenvalue weighted by Gasteiger charge is -2.26. The summed E-state index contributed by atoms with van der Waals surface area (Å²) in [5.74, 6) is 0.0785. The van der Waals surface area contributed by atoms with Crippen LogP contribution in [-0.2, 0) is 4.79 Å². The molecule has 90 valence electrons. The maximum atomic E-state index is 12.3. The lowest BCUT2D eigenvalue weighted by atomic mass is 10.1. The third kappa shape index (κ3) is 3.07. The molecule has 0 aromatic heterocycles. The second kappa shape index (κ2) is 5.48. The molecule has 1 aliphatic heterocycles. The van der Waals surface area contributed by atoms with Crippen molar-refractivity contribution in [1.82, 2.24) is 4.90 Å². The summed E-state index contributed by atoms with van der Waals surface area (Å²) in [6.07, 6.45) is 1.36. The van der Waals surface area contributed by atoms with Gasteiger partial charge in [-0.15, -0.1) is 0 Å². The number of likely N-dealkylation sites (tertiary alicyclic amines) is 1. The maximum Gasteiger partial charge on any atom is 0.255 e. The Hall–Kier alpha value is -0.430. The predicted molar refractivity (Wildman–Crippen MR) is 77.0 cm³/mol. The Labute approximate surface area is 122 Å². The van der Waals surface area contributed by atoms with Gasteiger partial charge in [-0.2, -0.15) is 0 Å². The Balaban J connectivity index is 2.24. The number of benzene rings is 1. The molecule has 0 radical (unpaired) electrons. The monoisotopic (exact) mass is 407 g/mol. The first-order valence-corrected chi connectivity index (χ1v) is 7.21. The van der Waals surface area contributed by atoms with Crippen molar-refractivity contribution in [2.24, 2.45) is 0 Å². The van der Waals surface area contributed by atoms with E-state index in [-0.39, 0.29) is 18.2 Å². The highest BCUT2D eigenvalue weighted by atomic mass is 127. The average Bonchev–Trinajstić information content (AvgIpc) is 2.31. The van der Waals surface area contributed by atoms with Crippen LogP contribution in [0.1, 0.15) is 23.2 Å². The molecule has 1 aromatic carbocycles. The van der Waals surface area contributed by atoms with Crippen molar-refractivity contribution in [2.45, 2.75) is 12.8 Å². The number of hydrogen-bond acceptors (Lipinski definition) is 2. The van der Waals surface area contributed by atoms with E-state index in [1.54, 1.807) is 4.90 Å². The van der Waals surface area contributed by atoms with Crippen molar-refractivity contribution in [3.05, 3.63) is 31.8 Å². The topological polar surface area (TPSA) is 37.4 Å². The molecule has 0 unspecified atom stereocenters. The number of hydrogen-bond donors (Lipinski definition) is 0. The van der Waals surface area contributed by atoms with Gasteiger partial charge >= 0.3 is 0 Å². The van der Waals surface area contributed by atoms with Crippen molar-refractivity contribution >= 4 is 50.2 Å². The van der Waals surface area contributed by atoms with Crippen molar-refractivity contribution in [1.29, 1.82) is 0 Å². The first-order chi connectivity index (χ1) is 8.08.